The summed E-state index contributed by atoms with van der Waals surface area (Å²) in [4.78, 5) is 0. The first-order valence-electron chi connectivity index (χ1n) is 5.54. The van der Waals surface area contributed by atoms with Crippen molar-refractivity contribution in [3.05, 3.63) is 30.3 Å². The van der Waals surface area contributed by atoms with Crippen LogP contribution in [0, 0.1) is 0 Å². The lowest BCUT2D eigenvalue weighted by molar-refractivity contribution is -0.0849. The third-order valence-corrected chi connectivity index (χ3v) is 3.84. The van der Waals surface area contributed by atoms with Crippen molar-refractivity contribution >= 4 is 14.7 Å². The van der Waals surface area contributed by atoms with Crippen LogP contribution in [-0.2, 0) is 9.47 Å². The van der Waals surface area contributed by atoms with Crippen LogP contribution in [0.25, 0.3) is 0 Å². The first kappa shape index (κ1) is 13.3. The highest BCUT2D eigenvalue weighted by Crippen LogP contribution is 1.94. The van der Waals surface area contributed by atoms with E-state index in [1.807, 2.05) is 18.2 Å². The summed E-state index contributed by atoms with van der Waals surface area (Å²) in [6, 6.07) is 10.3. The van der Waals surface area contributed by atoms with Gasteiger partial charge in [-0.1, -0.05) is 35.5 Å². The molecule has 0 heterocycles. The van der Waals surface area contributed by atoms with Crippen LogP contribution in [0.5, 0.6) is 0 Å². The second-order valence-corrected chi connectivity index (χ2v) is 5.33. The second-order valence-electron chi connectivity index (χ2n) is 3.44. The summed E-state index contributed by atoms with van der Waals surface area (Å²) in [5, 5.41) is 1.32. The number of rotatable bonds is 8. The van der Waals surface area contributed by atoms with Crippen LogP contribution in [0.2, 0.25) is 0 Å². The number of hydrogen-bond acceptors (Lipinski definition) is 4. The van der Waals surface area contributed by atoms with Crippen LogP contribution >= 0.6 is 0 Å². The molecule has 0 saturated heterocycles. The van der Waals surface area contributed by atoms with Gasteiger partial charge in [0.1, 0.15) is 15.4 Å². The minimum absolute atomic E-state index is 0.116. The molecule has 1 aromatic carbocycles. The van der Waals surface area contributed by atoms with E-state index in [4.69, 9.17) is 20.9 Å². The zero-order valence-corrected chi connectivity index (χ0v) is 10.9. The molecular weight excluding hydrogens is 220 g/mol. The molecule has 0 spiro atoms. The standard InChI is InChI=1S/C11H20N2O2Si/c12-6-8-14-11(15-9-7-13)16-10-4-2-1-3-5-10/h1-5,11H,6-9,12-13,16H2. The Bertz CT molecular complexity index is 264. The normalized spacial score (nSPS) is 11.7. The molecule has 0 unspecified atom stereocenters. The molecular formula is C11H20N2O2Si. The number of nitrogens with two attached hydrogens (primary N) is 2. The Balaban J connectivity index is 2.42. The molecule has 1 rings (SSSR count). The van der Waals surface area contributed by atoms with Crippen LogP contribution in [0.1, 0.15) is 0 Å². The van der Waals surface area contributed by atoms with E-state index in [0.717, 1.165) is 0 Å². The van der Waals surface area contributed by atoms with Crippen LogP contribution in [-0.4, -0.2) is 41.7 Å². The zero-order chi connectivity index (χ0) is 11.6. The van der Waals surface area contributed by atoms with Crippen LogP contribution in [0.4, 0.5) is 0 Å². The van der Waals surface area contributed by atoms with Gasteiger partial charge in [-0.3, -0.25) is 0 Å². The third-order valence-electron chi connectivity index (χ3n) is 2.09. The van der Waals surface area contributed by atoms with Gasteiger partial charge in [0.15, 0.2) is 0 Å². The van der Waals surface area contributed by atoms with E-state index in [9.17, 15) is 0 Å². The third kappa shape index (κ3) is 5.39. The maximum Gasteiger partial charge on any atom is 0.139 e. The average molecular weight is 240 g/mol. The molecule has 0 amide bonds. The predicted molar refractivity (Wildman–Crippen MR) is 68.4 cm³/mol. The van der Waals surface area contributed by atoms with Crippen molar-refractivity contribution in [2.24, 2.45) is 11.5 Å². The van der Waals surface area contributed by atoms with E-state index < -0.39 is 9.52 Å². The van der Waals surface area contributed by atoms with Gasteiger partial charge in [0.2, 0.25) is 0 Å². The zero-order valence-electron chi connectivity index (χ0n) is 9.47. The highest BCUT2D eigenvalue weighted by atomic mass is 28.2. The molecule has 0 saturated carbocycles. The number of benzene rings is 1. The van der Waals surface area contributed by atoms with Gasteiger partial charge in [0.05, 0.1) is 13.2 Å². The molecule has 16 heavy (non-hydrogen) atoms. The van der Waals surface area contributed by atoms with Crippen molar-refractivity contribution in [1.82, 2.24) is 0 Å². The predicted octanol–water partition coefficient (Wildman–Crippen LogP) is -1.29. The van der Waals surface area contributed by atoms with Crippen molar-refractivity contribution in [2.75, 3.05) is 26.3 Å². The maximum absolute atomic E-state index is 5.56. The Hall–Kier alpha value is -0.723. The molecule has 0 aliphatic heterocycles. The smallest absolute Gasteiger partial charge is 0.139 e. The summed E-state index contributed by atoms with van der Waals surface area (Å²) < 4.78 is 11.1. The molecule has 4 N–H and O–H groups in total. The quantitative estimate of drug-likeness (QED) is 0.438. The van der Waals surface area contributed by atoms with Gasteiger partial charge >= 0.3 is 0 Å². The summed E-state index contributed by atoms with van der Waals surface area (Å²) in [5.74, 6) is -0.116. The fourth-order valence-electron chi connectivity index (χ4n) is 1.37. The van der Waals surface area contributed by atoms with Crippen LogP contribution in [0.15, 0.2) is 30.3 Å². The fourth-order valence-corrected chi connectivity index (χ4v) is 2.87. The molecule has 0 atom stereocenters. The summed E-state index contributed by atoms with van der Waals surface area (Å²) in [6.07, 6.45) is 0. The van der Waals surface area contributed by atoms with E-state index in [1.165, 1.54) is 5.19 Å². The number of hydrogen-bond donors (Lipinski definition) is 2. The van der Waals surface area contributed by atoms with Gasteiger partial charge in [0, 0.05) is 13.1 Å². The Labute approximate surface area is 98.7 Å². The summed E-state index contributed by atoms with van der Waals surface area (Å²) >= 11 is 0. The SMILES string of the molecule is NCCOC(OCCN)[SiH2]c1ccccc1. The molecule has 0 fully saturated rings. The summed E-state index contributed by atoms with van der Waals surface area (Å²) in [5.41, 5.74) is 10.8. The van der Waals surface area contributed by atoms with Crippen molar-refractivity contribution in [3.63, 3.8) is 0 Å². The van der Waals surface area contributed by atoms with E-state index in [2.05, 4.69) is 12.1 Å². The van der Waals surface area contributed by atoms with Crippen molar-refractivity contribution in [3.8, 4) is 0 Å². The maximum atomic E-state index is 5.56. The molecule has 4 nitrogen and oxygen atoms in total. The Kier molecular flexibility index (Phi) is 7.03. The largest absolute Gasteiger partial charge is 0.355 e. The van der Waals surface area contributed by atoms with Crippen LogP contribution < -0.4 is 16.7 Å². The van der Waals surface area contributed by atoms with Crippen molar-refractivity contribution in [1.29, 1.82) is 0 Å². The highest BCUT2D eigenvalue weighted by molar-refractivity contribution is 6.54. The lowest BCUT2D eigenvalue weighted by Gasteiger charge is -2.17. The second kappa shape index (κ2) is 8.43. The van der Waals surface area contributed by atoms with Crippen molar-refractivity contribution < 1.29 is 9.47 Å². The molecule has 0 aliphatic rings. The Morgan fingerprint density at radius 2 is 1.56 bits per heavy atom. The molecule has 0 aliphatic carbocycles. The fraction of sp³-hybridized carbons (Fsp3) is 0.455. The van der Waals surface area contributed by atoms with Crippen LogP contribution in [0.3, 0.4) is 0 Å². The van der Waals surface area contributed by atoms with E-state index in [-0.39, 0.29) is 5.91 Å². The molecule has 5 heteroatoms. The summed E-state index contributed by atoms with van der Waals surface area (Å²) in [6.45, 7) is 2.11. The lowest BCUT2D eigenvalue weighted by atomic mass is 10.4. The molecule has 0 bridgehead atoms. The minimum atomic E-state index is -0.594. The van der Waals surface area contributed by atoms with Crippen molar-refractivity contribution in [2.45, 2.75) is 5.91 Å². The molecule has 0 aromatic heterocycles. The van der Waals surface area contributed by atoms with E-state index in [0.29, 0.717) is 26.3 Å². The van der Waals surface area contributed by atoms with Gasteiger partial charge in [-0.15, -0.1) is 0 Å². The molecule has 0 radical (unpaired) electrons. The number of ether oxygens (including phenoxy) is 2. The van der Waals surface area contributed by atoms with Gasteiger partial charge in [-0.2, -0.15) is 0 Å². The molecule has 90 valence electrons. The first-order valence-corrected chi connectivity index (χ1v) is 7.06. The van der Waals surface area contributed by atoms with Gasteiger partial charge in [-0.25, -0.2) is 0 Å². The highest BCUT2D eigenvalue weighted by Gasteiger charge is 2.10. The summed E-state index contributed by atoms with van der Waals surface area (Å²) in [7, 11) is -0.594. The Morgan fingerprint density at radius 1 is 1.00 bits per heavy atom. The van der Waals surface area contributed by atoms with Gasteiger partial charge in [-0.05, 0) is 0 Å². The Morgan fingerprint density at radius 3 is 2.06 bits per heavy atom. The van der Waals surface area contributed by atoms with E-state index >= 15 is 0 Å². The van der Waals surface area contributed by atoms with Gasteiger partial charge in [0.25, 0.3) is 0 Å². The van der Waals surface area contributed by atoms with Gasteiger partial charge < -0.3 is 20.9 Å². The minimum Gasteiger partial charge on any atom is -0.355 e. The lowest BCUT2D eigenvalue weighted by Crippen LogP contribution is -2.35. The average Bonchev–Trinajstić information content (AvgIpc) is 2.34. The first-order chi connectivity index (χ1) is 7.86. The molecule has 1 aromatic rings. The topological polar surface area (TPSA) is 70.5 Å². The monoisotopic (exact) mass is 240 g/mol. The van der Waals surface area contributed by atoms with E-state index in [1.54, 1.807) is 0 Å².